The largest absolute Gasteiger partial charge is 0.457 e. The van der Waals surface area contributed by atoms with Gasteiger partial charge in [0, 0.05) is 13.6 Å². The summed E-state index contributed by atoms with van der Waals surface area (Å²) in [6.07, 6.45) is 0. The molecule has 0 saturated carbocycles. The van der Waals surface area contributed by atoms with Crippen LogP contribution >= 0.6 is 22.9 Å². The van der Waals surface area contributed by atoms with Crippen LogP contribution in [-0.2, 0) is 17.9 Å². The molecular formula is C23H20ClN3O2S. The molecule has 0 fully saturated rings. The molecular weight excluding hydrogens is 418 g/mol. The van der Waals surface area contributed by atoms with E-state index < -0.39 is 0 Å². The van der Waals surface area contributed by atoms with Gasteiger partial charge in [-0.05, 0) is 35.2 Å². The number of carbonyl (C=O) groups is 1. The molecule has 0 N–H and O–H groups in total. The first-order valence-electron chi connectivity index (χ1n) is 9.45. The maximum atomic E-state index is 12.8. The molecule has 0 saturated heterocycles. The van der Waals surface area contributed by atoms with Crippen molar-refractivity contribution in [1.82, 2.24) is 9.97 Å². The van der Waals surface area contributed by atoms with Crippen LogP contribution in [0.3, 0.4) is 0 Å². The Hall–Kier alpha value is -2.96. The molecule has 0 atom stereocenters. The maximum Gasteiger partial charge on any atom is 0.349 e. The molecule has 0 amide bonds. The fraction of sp³-hybridized carbons (Fsp3) is 0.174. The summed E-state index contributed by atoms with van der Waals surface area (Å²) >= 11 is 7.48. The molecule has 0 radical (unpaired) electrons. The fourth-order valence-electron chi connectivity index (χ4n) is 3.28. The van der Waals surface area contributed by atoms with Crippen LogP contribution in [0.25, 0.3) is 10.2 Å². The van der Waals surface area contributed by atoms with Crippen molar-refractivity contribution in [2.45, 2.75) is 20.1 Å². The monoisotopic (exact) mass is 437 g/mol. The van der Waals surface area contributed by atoms with Crippen LogP contribution in [0.4, 0.5) is 5.82 Å². The second-order valence-electron chi connectivity index (χ2n) is 6.96. The first kappa shape index (κ1) is 20.3. The molecule has 4 rings (SSSR count). The number of anilines is 1. The number of fused-ring (bicyclic) bond motifs is 1. The van der Waals surface area contributed by atoms with Crippen molar-refractivity contribution >= 4 is 44.9 Å². The molecule has 0 bridgehead atoms. The zero-order chi connectivity index (χ0) is 21.1. The Morgan fingerprint density at radius 2 is 1.67 bits per heavy atom. The van der Waals surface area contributed by atoms with Gasteiger partial charge in [0.2, 0.25) is 5.28 Å². The molecule has 0 spiro atoms. The van der Waals surface area contributed by atoms with Crippen LogP contribution in [0.15, 0.2) is 60.7 Å². The van der Waals surface area contributed by atoms with Gasteiger partial charge < -0.3 is 9.64 Å². The van der Waals surface area contributed by atoms with Gasteiger partial charge in [-0.15, -0.1) is 11.3 Å². The number of hydrogen-bond acceptors (Lipinski definition) is 6. The number of thiophene rings is 1. The van der Waals surface area contributed by atoms with Gasteiger partial charge in [0.05, 0.1) is 5.39 Å². The zero-order valence-corrected chi connectivity index (χ0v) is 18.2. The fourth-order valence-corrected chi connectivity index (χ4v) is 4.57. The minimum absolute atomic E-state index is 0.155. The Morgan fingerprint density at radius 3 is 2.33 bits per heavy atom. The van der Waals surface area contributed by atoms with E-state index in [0.717, 1.165) is 22.1 Å². The van der Waals surface area contributed by atoms with Gasteiger partial charge in [0.1, 0.15) is 22.1 Å². The molecule has 4 aromatic rings. The maximum absolute atomic E-state index is 12.8. The number of rotatable bonds is 6. The number of benzene rings is 2. The van der Waals surface area contributed by atoms with Crippen molar-refractivity contribution in [2.24, 2.45) is 0 Å². The van der Waals surface area contributed by atoms with Crippen LogP contribution in [0.2, 0.25) is 5.28 Å². The smallest absolute Gasteiger partial charge is 0.349 e. The third kappa shape index (κ3) is 4.30. The van der Waals surface area contributed by atoms with Gasteiger partial charge in [-0.2, -0.15) is 4.98 Å². The Kier molecular flexibility index (Phi) is 5.97. The summed E-state index contributed by atoms with van der Waals surface area (Å²) in [5.74, 6) is 0.330. The highest BCUT2D eigenvalue weighted by Gasteiger charge is 2.23. The van der Waals surface area contributed by atoms with Crippen LogP contribution in [0, 0.1) is 6.92 Å². The van der Waals surface area contributed by atoms with E-state index in [1.807, 2.05) is 67.4 Å². The minimum Gasteiger partial charge on any atom is -0.457 e. The van der Waals surface area contributed by atoms with Crippen LogP contribution in [0.1, 0.15) is 26.4 Å². The van der Waals surface area contributed by atoms with Crippen LogP contribution in [0.5, 0.6) is 0 Å². The van der Waals surface area contributed by atoms with E-state index in [9.17, 15) is 4.79 Å². The minimum atomic E-state index is -0.368. The highest BCUT2D eigenvalue weighted by atomic mass is 35.5. The topological polar surface area (TPSA) is 55.3 Å². The molecule has 0 aliphatic carbocycles. The predicted octanol–water partition coefficient (Wildman–Crippen LogP) is 5.65. The van der Waals surface area contributed by atoms with Crippen molar-refractivity contribution in [3.05, 3.63) is 87.5 Å². The lowest BCUT2D eigenvalue weighted by Crippen LogP contribution is -2.18. The summed E-state index contributed by atoms with van der Waals surface area (Å²) in [6, 6.07) is 19.7. The summed E-state index contributed by atoms with van der Waals surface area (Å²) < 4.78 is 5.53. The first-order valence-corrected chi connectivity index (χ1v) is 10.6. The van der Waals surface area contributed by atoms with Crippen molar-refractivity contribution < 1.29 is 9.53 Å². The number of esters is 1. The van der Waals surface area contributed by atoms with E-state index in [1.54, 1.807) is 0 Å². The molecule has 5 nitrogen and oxygen atoms in total. The third-order valence-electron chi connectivity index (χ3n) is 4.77. The van der Waals surface area contributed by atoms with E-state index in [2.05, 4.69) is 22.1 Å². The normalized spacial score (nSPS) is 10.9. The number of aromatic nitrogens is 2. The van der Waals surface area contributed by atoms with Crippen molar-refractivity contribution in [1.29, 1.82) is 0 Å². The molecule has 2 heterocycles. The average molecular weight is 438 g/mol. The number of ether oxygens (including phenoxy) is 1. The Bertz CT molecular complexity index is 1180. The van der Waals surface area contributed by atoms with E-state index in [4.69, 9.17) is 16.3 Å². The standard InChI is InChI=1S/C23H20ClN3O2S/c1-15-18-20(27(2)13-16-9-5-3-6-10-16)25-23(24)26-21(18)30-19(15)22(28)29-14-17-11-7-4-8-12-17/h3-12H,13-14H2,1-2H3. The summed E-state index contributed by atoms with van der Waals surface area (Å²) in [6.45, 7) is 2.78. The van der Waals surface area contributed by atoms with Gasteiger partial charge in [0.25, 0.3) is 0 Å². The number of carbonyl (C=O) groups excluding carboxylic acids is 1. The van der Waals surface area contributed by atoms with Crippen molar-refractivity contribution in [2.75, 3.05) is 11.9 Å². The highest BCUT2D eigenvalue weighted by molar-refractivity contribution is 7.20. The summed E-state index contributed by atoms with van der Waals surface area (Å²) in [4.78, 5) is 24.8. The second kappa shape index (κ2) is 8.81. The Morgan fingerprint density at radius 1 is 1.03 bits per heavy atom. The summed E-state index contributed by atoms with van der Waals surface area (Å²) in [5.41, 5.74) is 2.90. The lowest BCUT2D eigenvalue weighted by molar-refractivity contribution is 0.0478. The number of hydrogen-bond donors (Lipinski definition) is 0. The van der Waals surface area contributed by atoms with Crippen molar-refractivity contribution in [3.63, 3.8) is 0 Å². The average Bonchev–Trinajstić information content (AvgIpc) is 3.09. The molecule has 2 aromatic heterocycles. The molecule has 152 valence electrons. The Balaban J connectivity index is 1.64. The second-order valence-corrected chi connectivity index (χ2v) is 8.29. The predicted molar refractivity (Wildman–Crippen MR) is 121 cm³/mol. The highest BCUT2D eigenvalue weighted by Crippen LogP contribution is 2.36. The number of nitrogens with zero attached hydrogens (tertiary/aromatic N) is 3. The molecule has 30 heavy (non-hydrogen) atoms. The molecule has 0 unspecified atom stereocenters. The van der Waals surface area contributed by atoms with Gasteiger partial charge in [-0.1, -0.05) is 60.7 Å². The van der Waals surface area contributed by atoms with Gasteiger partial charge in [-0.3, -0.25) is 0 Å². The summed E-state index contributed by atoms with van der Waals surface area (Å²) in [5, 5.41) is 0.984. The molecule has 2 aromatic carbocycles. The molecule has 7 heteroatoms. The SMILES string of the molecule is Cc1c(C(=O)OCc2ccccc2)sc2nc(Cl)nc(N(C)Cc3ccccc3)c12. The number of halogens is 1. The van der Waals surface area contributed by atoms with E-state index in [1.165, 1.54) is 11.3 Å². The van der Waals surface area contributed by atoms with Crippen molar-refractivity contribution in [3.8, 4) is 0 Å². The zero-order valence-electron chi connectivity index (χ0n) is 16.6. The quantitative estimate of drug-likeness (QED) is 0.288. The van der Waals surface area contributed by atoms with Gasteiger partial charge in [-0.25, -0.2) is 9.78 Å². The van der Waals surface area contributed by atoms with Gasteiger partial charge >= 0.3 is 5.97 Å². The van der Waals surface area contributed by atoms with E-state index in [0.29, 0.717) is 22.1 Å². The first-order chi connectivity index (χ1) is 14.5. The van der Waals surface area contributed by atoms with Crippen LogP contribution < -0.4 is 4.90 Å². The molecule has 0 aliphatic rings. The van der Waals surface area contributed by atoms with Gasteiger partial charge in [0.15, 0.2) is 0 Å². The summed E-state index contributed by atoms with van der Waals surface area (Å²) in [7, 11) is 1.95. The van der Waals surface area contributed by atoms with E-state index >= 15 is 0 Å². The lowest BCUT2D eigenvalue weighted by Gasteiger charge is -2.19. The number of aryl methyl sites for hydroxylation is 1. The van der Waals surface area contributed by atoms with E-state index in [-0.39, 0.29) is 17.9 Å². The lowest BCUT2D eigenvalue weighted by atomic mass is 10.1. The van der Waals surface area contributed by atoms with Crippen LogP contribution in [-0.4, -0.2) is 23.0 Å². The third-order valence-corrected chi connectivity index (χ3v) is 6.10. The molecule has 0 aliphatic heterocycles. The Labute approximate surface area is 183 Å².